The Labute approximate surface area is 125 Å². The fourth-order valence-corrected chi connectivity index (χ4v) is 3.51. The van der Waals surface area contributed by atoms with Crippen molar-refractivity contribution in [1.29, 1.82) is 0 Å². The summed E-state index contributed by atoms with van der Waals surface area (Å²) in [5, 5.41) is 0. The van der Waals surface area contributed by atoms with Crippen LogP contribution in [0.1, 0.15) is 26.2 Å². The number of hydrogen-bond donors (Lipinski definition) is 0. The van der Waals surface area contributed by atoms with Crippen LogP contribution in [0.4, 0.5) is 0 Å². The van der Waals surface area contributed by atoms with Gasteiger partial charge in [0, 0.05) is 38.3 Å². The Kier molecular flexibility index (Phi) is 3.95. The number of hydrogen-bond acceptors (Lipinski definition) is 2. The number of allylic oxidation sites excluding steroid dienone is 2. The van der Waals surface area contributed by atoms with E-state index in [-0.39, 0.29) is 11.5 Å². The van der Waals surface area contributed by atoms with E-state index in [1.807, 2.05) is 11.0 Å². The molecule has 1 aliphatic heterocycles. The maximum Gasteiger partial charge on any atom is 0.250 e. The third-order valence-electron chi connectivity index (χ3n) is 4.75. The molecule has 112 valence electrons. The van der Waals surface area contributed by atoms with Crippen LogP contribution in [0.15, 0.2) is 40.8 Å². The Hall–Kier alpha value is -1.84. The van der Waals surface area contributed by atoms with E-state index in [4.69, 9.17) is 0 Å². The van der Waals surface area contributed by atoms with Gasteiger partial charge in [0.05, 0.1) is 0 Å². The fraction of sp³-hybridized carbons (Fsp3) is 0.529. The van der Waals surface area contributed by atoms with E-state index in [0.29, 0.717) is 24.8 Å². The minimum Gasteiger partial charge on any atom is -0.342 e. The average molecular weight is 286 g/mol. The highest BCUT2D eigenvalue weighted by molar-refractivity contribution is 5.76. The fourth-order valence-electron chi connectivity index (χ4n) is 3.51. The van der Waals surface area contributed by atoms with Crippen LogP contribution in [0.5, 0.6) is 0 Å². The monoisotopic (exact) mass is 286 g/mol. The van der Waals surface area contributed by atoms with Crippen LogP contribution in [0, 0.1) is 11.8 Å². The molecule has 0 saturated carbocycles. The number of amides is 1. The molecular weight excluding hydrogens is 264 g/mol. The predicted octanol–water partition coefficient (Wildman–Crippen LogP) is 2.05. The zero-order valence-electron chi connectivity index (χ0n) is 12.5. The SMILES string of the molecule is CC1=CC[C@@H]2CN(C(=O)CCn3ccccc3=O)C[C@@H]2C1. The van der Waals surface area contributed by atoms with E-state index in [0.717, 1.165) is 25.9 Å². The van der Waals surface area contributed by atoms with Crippen molar-refractivity contribution in [1.82, 2.24) is 9.47 Å². The summed E-state index contributed by atoms with van der Waals surface area (Å²) in [4.78, 5) is 26.0. The minimum absolute atomic E-state index is 0.0415. The number of rotatable bonds is 3. The predicted molar refractivity (Wildman–Crippen MR) is 81.9 cm³/mol. The third kappa shape index (κ3) is 3.09. The Morgan fingerprint density at radius 3 is 2.90 bits per heavy atom. The molecule has 21 heavy (non-hydrogen) atoms. The Balaban J connectivity index is 1.56. The highest BCUT2D eigenvalue weighted by Gasteiger charge is 2.35. The van der Waals surface area contributed by atoms with Crippen molar-refractivity contribution < 1.29 is 4.79 Å². The van der Waals surface area contributed by atoms with Gasteiger partial charge in [0.25, 0.3) is 5.56 Å². The third-order valence-corrected chi connectivity index (χ3v) is 4.75. The van der Waals surface area contributed by atoms with Gasteiger partial charge < -0.3 is 9.47 Å². The molecule has 0 aromatic carbocycles. The molecular formula is C17H22N2O2. The second kappa shape index (κ2) is 5.88. The number of fused-ring (bicyclic) bond motifs is 1. The minimum atomic E-state index is -0.0415. The van der Waals surface area contributed by atoms with Crippen LogP contribution in [-0.4, -0.2) is 28.5 Å². The second-order valence-electron chi connectivity index (χ2n) is 6.29. The quantitative estimate of drug-likeness (QED) is 0.798. The average Bonchev–Trinajstić information content (AvgIpc) is 2.89. The van der Waals surface area contributed by atoms with Gasteiger partial charge in [-0.15, -0.1) is 0 Å². The summed E-state index contributed by atoms with van der Waals surface area (Å²) in [7, 11) is 0. The maximum absolute atomic E-state index is 12.3. The van der Waals surface area contributed by atoms with Gasteiger partial charge in [-0.25, -0.2) is 0 Å². The van der Waals surface area contributed by atoms with E-state index in [9.17, 15) is 9.59 Å². The van der Waals surface area contributed by atoms with Gasteiger partial charge >= 0.3 is 0 Å². The largest absolute Gasteiger partial charge is 0.342 e. The molecule has 1 aromatic rings. The van der Waals surface area contributed by atoms with Crippen molar-refractivity contribution in [2.75, 3.05) is 13.1 Å². The molecule has 1 saturated heterocycles. The van der Waals surface area contributed by atoms with Gasteiger partial charge in [0.2, 0.25) is 5.91 Å². The van der Waals surface area contributed by atoms with Crippen LogP contribution in [0.2, 0.25) is 0 Å². The van der Waals surface area contributed by atoms with E-state index >= 15 is 0 Å². The maximum atomic E-state index is 12.3. The number of carbonyl (C=O) groups is 1. The molecule has 2 aliphatic rings. The van der Waals surface area contributed by atoms with Gasteiger partial charge in [-0.3, -0.25) is 9.59 Å². The van der Waals surface area contributed by atoms with E-state index in [1.165, 1.54) is 11.6 Å². The van der Waals surface area contributed by atoms with E-state index in [2.05, 4.69) is 13.0 Å². The lowest BCUT2D eigenvalue weighted by atomic mass is 9.83. The van der Waals surface area contributed by atoms with Crippen LogP contribution in [0.25, 0.3) is 0 Å². The normalized spacial score (nSPS) is 24.6. The zero-order valence-corrected chi connectivity index (χ0v) is 12.5. The van der Waals surface area contributed by atoms with Crippen molar-refractivity contribution >= 4 is 5.91 Å². The number of pyridine rings is 1. The summed E-state index contributed by atoms with van der Waals surface area (Å²) in [6.45, 7) is 4.43. The van der Waals surface area contributed by atoms with Gasteiger partial charge in [-0.05, 0) is 37.7 Å². The number of aromatic nitrogens is 1. The number of nitrogens with zero attached hydrogens (tertiary/aromatic N) is 2. The lowest BCUT2D eigenvalue weighted by Crippen LogP contribution is -2.31. The van der Waals surface area contributed by atoms with Crippen molar-refractivity contribution in [2.45, 2.75) is 32.7 Å². The lowest BCUT2D eigenvalue weighted by Gasteiger charge is -2.21. The lowest BCUT2D eigenvalue weighted by molar-refractivity contribution is -0.130. The Bertz CT molecular complexity index is 617. The Morgan fingerprint density at radius 2 is 2.10 bits per heavy atom. The van der Waals surface area contributed by atoms with Crippen molar-refractivity contribution in [3.8, 4) is 0 Å². The smallest absolute Gasteiger partial charge is 0.250 e. The van der Waals surface area contributed by atoms with Crippen molar-refractivity contribution in [2.24, 2.45) is 11.8 Å². The molecule has 1 fully saturated rings. The van der Waals surface area contributed by atoms with Gasteiger partial charge in [0.1, 0.15) is 0 Å². The molecule has 0 N–H and O–H groups in total. The first kappa shape index (κ1) is 14.1. The molecule has 2 atom stereocenters. The van der Waals surface area contributed by atoms with Crippen LogP contribution < -0.4 is 5.56 Å². The van der Waals surface area contributed by atoms with Gasteiger partial charge in [-0.2, -0.15) is 0 Å². The number of likely N-dealkylation sites (tertiary alicyclic amines) is 1. The highest BCUT2D eigenvalue weighted by atomic mass is 16.2. The summed E-state index contributed by atoms with van der Waals surface area (Å²) < 4.78 is 1.60. The number of aryl methyl sites for hydroxylation is 1. The van der Waals surface area contributed by atoms with Crippen molar-refractivity contribution in [3.63, 3.8) is 0 Å². The van der Waals surface area contributed by atoms with E-state index in [1.54, 1.807) is 16.8 Å². The summed E-state index contributed by atoms with van der Waals surface area (Å²) in [6, 6.07) is 5.08. The van der Waals surface area contributed by atoms with E-state index < -0.39 is 0 Å². The summed E-state index contributed by atoms with van der Waals surface area (Å²) in [5.74, 6) is 1.45. The zero-order chi connectivity index (χ0) is 14.8. The molecule has 4 heteroatoms. The second-order valence-corrected chi connectivity index (χ2v) is 6.29. The molecule has 0 radical (unpaired) electrons. The summed E-state index contributed by atoms with van der Waals surface area (Å²) >= 11 is 0. The first-order valence-electron chi connectivity index (χ1n) is 7.72. The molecule has 0 spiro atoms. The van der Waals surface area contributed by atoms with Crippen molar-refractivity contribution in [3.05, 3.63) is 46.4 Å². The van der Waals surface area contributed by atoms with Crippen LogP contribution in [-0.2, 0) is 11.3 Å². The first-order valence-corrected chi connectivity index (χ1v) is 7.72. The topological polar surface area (TPSA) is 42.3 Å². The van der Waals surface area contributed by atoms with Crippen LogP contribution in [0.3, 0.4) is 0 Å². The molecule has 2 heterocycles. The molecule has 0 unspecified atom stereocenters. The first-order chi connectivity index (χ1) is 10.1. The Morgan fingerprint density at radius 1 is 1.29 bits per heavy atom. The standard InChI is InChI=1S/C17H22N2O2/c1-13-5-6-14-11-19(12-15(14)10-13)17(21)7-9-18-8-3-2-4-16(18)20/h2-5,8,14-15H,6-7,9-12H2,1H3/t14-,15+/m1/s1. The molecule has 1 aromatic heterocycles. The molecule has 1 amide bonds. The molecule has 3 rings (SSSR count). The van der Waals surface area contributed by atoms with Crippen LogP contribution >= 0.6 is 0 Å². The van der Waals surface area contributed by atoms with Gasteiger partial charge in [-0.1, -0.05) is 17.7 Å². The summed E-state index contributed by atoms with van der Waals surface area (Å²) in [5.41, 5.74) is 1.42. The highest BCUT2D eigenvalue weighted by Crippen LogP contribution is 2.35. The summed E-state index contributed by atoms with van der Waals surface area (Å²) in [6.07, 6.45) is 6.71. The van der Waals surface area contributed by atoms with Gasteiger partial charge in [0.15, 0.2) is 0 Å². The molecule has 1 aliphatic carbocycles. The molecule has 4 nitrogen and oxygen atoms in total. The number of carbonyl (C=O) groups excluding carboxylic acids is 1. The molecule has 0 bridgehead atoms.